The summed E-state index contributed by atoms with van der Waals surface area (Å²) in [6, 6.07) is 9.11. The Bertz CT molecular complexity index is 552. The van der Waals surface area contributed by atoms with E-state index in [0.29, 0.717) is 0 Å². The van der Waals surface area contributed by atoms with Crippen LogP contribution in [0.2, 0.25) is 0 Å². The fourth-order valence-corrected chi connectivity index (χ4v) is 2.16. The van der Waals surface area contributed by atoms with E-state index in [1.54, 1.807) is 0 Å². The van der Waals surface area contributed by atoms with Crippen molar-refractivity contribution in [2.24, 2.45) is 0 Å². The van der Waals surface area contributed by atoms with Gasteiger partial charge in [0.1, 0.15) is 0 Å². The molecule has 1 heteroatoms. The molecule has 0 bridgehead atoms. The van der Waals surface area contributed by atoms with Gasteiger partial charge in [-0.2, -0.15) is 0 Å². The Hall–Kier alpha value is -1.24. The Morgan fingerprint density at radius 3 is 2.22 bits per heavy atom. The highest BCUT2D eigenvalue weighted by Gasteiger charge is 2.20. The predicted octanol–water partition coefficient (Wildman–Crippen LogP) is 5.15. The van der Waals surface area contributed by atoms with Crippen molar-refractivity contribution in [1.82, 2.24) is 4.98 Å². The Kier molecular flexibility index (Phi) is 3.04. The van der Waals surface area contributed by atoms with Gasteiger partial charge in [-0.25, -0.2) is 0 Å². The largest absolute Gasteiger partial charge is 0.358 e. The molecule has 0 saturated heterocycles. The molecule has 0 amide bonds. The van der Waals surface area contributed by atoms with E-state index in [1.807, 2.05) is 0 Å². The average Bonchev–Trinajstić information content (AvgIpc) is 2.71. The second-order valence-electron chi connectivity index (χ2n) is 6.97. The van der Waals surface area contributed by atoms with E-state index in [2.05, 4.69) is 70.8 Å². The van der Waals surface area contributed by atoms with E-state index in [-0.39, 0.29) is 10.8 Å². The van der Waals surface area contributed by atoms with Crippen LogP contribution in [0.1, 0.15) is 59.2 Å². The molecule has 1 N–H and O–H groups in total. The van der Waals surface area contributed by atoms with Crippen molar-refractivity contribution in [2.45, 2.75) is 58.8 Å². The van der Waals surface area contributed by atoms with Crippen LogP contribution in [0.3, 0.4) is 0 Å². The molecule has 0 saturated carbocycles. The van der Waals surface area contributed by atoms with Crippen molar-refractivity contribution < 1.29 is 0 Å². The van der Waals surface area contributed by atoms with Gasteiger partial charge in [-0.15, -0.1) is 0 Å². The highest BCUT2D eigenvalue weighted by Crippen LogP contribution is 2.31. The minimum absolute atomic E-state index is 0.180. The zero-order valence-electron chi connectivity index (χ0n) is 12.5. The third-order valence-corrected chi connectivity index (χ3v) is 4.09. The molecule has 1 nitrogen and oxygen atoms in total. The summed E-state index contributed by atoms with van der Waals surface area (Å²) < 4.78 is 0. The summed E-state index contributed by atoms with van der Waals surface area (Å²) in [6.45, 7) is 13.6. The van der Waals surface area contributed by atoms with Crippen molar-refractivity contribution in [1.29, 1.82) is 0 Å². The Balaban J connectivity index is 2.53. The number of rotatable bonds is 2. The van der Waals surface area contributed by atoms with Crippen LogP contribution in [0.25, 0.3) is 10.9 Å². The monoisotopic (exact) mass is 243 g/mol. The highest BCUT2D eigenvalue weighted by atomic mass is 14.7. The lowest BCUT2D eigenvalue weighted by atomic mass is 9.82. The molecule has 0 fully saturated rings. The third-order valence-electron chi connectivity index (χ3n) is 4.09. The third kappa shape index (κ3) is 2.31. The summed E-state index contributed by atoms with van der Waals surface area (Å²) in [5, 5.41) is 1.33. The van der Waals surface area contributed by atoms with Gasteiger partial charge < -0.3 is 4.98 Å². The first-order valence-corrected chi connectivity index (χ1v) is 6.88. The van der Waals surface area contributed by atoms with Crippen molar-refractivity contribution >= 4 is 10.9 Å². The molecule has 1 aromatic carbocycles. The summed E-state index contributed by atoms with van der Waals surface area (Å²) >= 11 is 0. The van der Waals surface area contributed by atoms with Gasteiger partial charge in [-0.05, 0) is 41.0 Å². The van der Waals surface area contributed by atoms with Gasteiger partial charge in [0, 0.05) is 16.6 Å². The van der Waals surface area contributed by atoms with E-state index in [4.69, 9.17) is 0 Å². The molecule has 0 radical (unpaired) electrons. The Labute approximate surface area is 111 Å². The summed E-state index contributed by atoms with van der Waals surface area (Å²) in [6.07, 6.45) is 1.16. The molecule has 1 aromatic heterocycles. The van der Waals surface area contributed by atoms with Gasteiger partial charge in [0.25, 0.3) is 0 Å². The van der Waals surface area contributed by atoms with Crippen LogP contribution in [0.5, 0.6) is 0 Å². The summed E-state index contributed by atoms with van der Waals surface area (Å²) in [4.78, 5) is 3.53. The van der Waals surface area contributed by atoms with Gasteiger partial charge in [0.2, 0.25) is 0 Å². The standard InChI is InChI=1S/C17H25N/c1-7-17(5,6)13-8-9-14-12(10-13)11-15(18-14)16(2,3)4/h8-11,18H,7H2,1-6H3. The quantitative estimate of drug-likeness (QED) is 0.750. The molecular formula is C17H25N. The molecule has 2 rings (SSSR count). The maximum absolute atomic E-state index is 3.53. The zero-order valence-corrected chi connectivity index (χ0v) is 12.5. The van der Waals surface area contributed by atoms with Crippen LogP contribution in [0.4, 0.5) is 0 Å². The van der Waals surface area contributed by atoms with Crippen molar-refractivity contribution in [2.75, 3.05) is 0 Å². The molecule has 0 spiro atoms. The van der Waals surface area contributed by atoms with Gasteiger partial charge >= 0.3 is 0 Å². The average molecular weight is 243 g/mol. The first-order valence-electron chi connectivity index (χ1n) is 6.88. The molecule has 0 aliphatic rings. The van der Waals surface area contributed by atoms with E-state index in [1.165, 1.54) is 22.2 Å². The molecule has 98 valence electrons. The van der Waals surface area contributed by atoms with Gasteiger partial charge in [0.15, 0.2) is 0 Å². The number of nitrogens with one attached hydrogen (secondary N) is 1. The van der Waals surface area contributed by atoms with Crippen LogP contribution < -0.4 is 0 Å². The summed E-state index contributed by atoms with van der Waals surface area (Å²) in [5.41, 5.74) is 4.42. The lowest BCUT2D eigenvalue weighted by molar-refractivity contribution is 0.507. The maximum atomic E-state index is 3.53. The first kappa shape index (κ1) is 13.2. The molecular weight excluding hydrogens is 218 g/mol. The molecule has 0 atom stereocenters. The molecule has 0 aliphatic carbocycles. The topological polar surface area (TPSA) is 15.8 Å². The second-order valence-corrected chi connectivity index (χ2v) is 6.97. The highest BCUT2D eigenvalue weighted by molar-refractivity contribution is 5.81. The van der Waals surface area contributed by atoms with E-state index in [9.17, 15) is 0 Å². The number of benzene rings is 1. The van der Waals surface area contributed by atoms with Crippen molar-refractivity contribution in [3.8, 4) is 0 Å². The lowest BCUT2D eigenvalue weighted by Gasteiger charge is -2.23. The molecule has 2 aromatic rings. The number of fused-ring (bicyclic) bond motifs is 1. The number of hydrogen-bond acceptors (Lipinski definition) is 0. The molecule has 1 heterocycles. The van der Waals surface area contributed by atoms with Crippen LogP contribution in [-0.2, 0) is 10.8 Å². The molecule has 0 aliphatic heterocycles. The minimum atomic E-state index is 0.180. The molecule has 18 heavy (non-hydrogen) atoms. The fraction of sp³-hybridized carbons (Fsp3) is 0.529. The molecule has 0 unspecified atom stereocenters. The smallest absolute Gasteiger partial charge is 0.0456 e. The Morgan fingerprint density at radius 2 is 1.67 bits per heavy atom. The summed E-state index contributed by atoms with van der Waals surface area (Å²) in [7, 11) is 0. The SMILES string of the molecule is CCC(C)(C)c1ccc2[nH]c(C(C)(C)C)cc2c1. The minimum Gasteiger partial charge on any atom is -0.358 e. The van der Waals surface area contributed by atoms with E-state index >= 15 is 0 Å². The predicted molar refractivity (Wildman–Crippen MR) is 80.3 cm³/mol. The number of aromatic amines is 1. The van der Waals surface area contributed by atoms with Crippen LogP contribution in [-0.4, -0.2) is 4.98 Å². The zero-order chi connectivity index (χ0) is 13.6. The second kappa shape index (κ2) is 4.15. The number of hydrogen-bond donors (Lipinski definition) is 1. The first-order chi connectivity index (χ1) is 8.24. The maximum Gasteiger partial charge on any atom is 0.0456 e. The van der Waals surface area contributed by atoms with Crippen molar-refractivity contribution in [3.63, 3.8) is 0 Å². The van der Waals surface area contributed by atoms with Gasteiger partial charge in [0.05, 0.1) is 0 Å². The van der Waals surface area contributed by atoms with Crippen molar-refractivity contribution in [3.05, 3.63) is 35.5 Å². The summed E-state index contributed by atoms with van der Waals surface area (Å²) in [5.74, 6) is 0. The fourth-order valence-electron chi connectivity index (χ4n) is 2.16. The normalized spacial score (nSPS) is 13.2. The van der Waals surface area contributed by atoms with E-state index in [0.717, 1.165) is 6.42 Å². The Morgan fingerprint density at radius 1 is 1.00 bits per heavy atom. The van der Waals surface area contributed by atoms with Crippen LogP contribution >= 0.6 is 0 Å². The van der Waals surface area contributed by atoms with E-state index < -0.39 is 0 Å². The van der Waals surface area contributed by atoms with Crippen LogP contribution in [0.15, 0.2) is 24.3 Å². The lowest BCUT2D eigenvalue weighted by Crippen LogP contribution is -2.14. The number of aromatic nitrogens is 1. The van der Waals surface area contributed by atoms with Crippen LogP contribution in [0, 0.1) is 0 Å². The number of H-pyrrole nitrogens is 1. The van der Waals surface area contributed by atoms with Gasteiger partial charge in [-0.3, -0.25) is 0 Å². The van der Waals surface area contributed by atoms with Gasteiger partial charge in [-0.1, -0.05) is 47.6 Å².